The first-order valence-electron chi connectivity index (χ1n) is 8.72. The summed E-state index contributed by atoms with van der Waals surface area (Å²) in [4.78, 5) is 4.66. The third-order valence-corrected chi connectivity index (χ3v) is 4.05. The molecular formula is C19H29N5O. The minimum atomic E-state index is 0.582. The van der Waals surface area contributed by atoms with Crippen molar-refractivity contribution < 1.29 is 4.74 Å². The van der Waals surface area contributed by atoms with Gasteiger partial charge in [0.2, 0.25) is 0 Å². The highest BCUT2D eigenvalue weighted by atomic mass is 16.5. The molecule has 2 N–H and O–H groups in total. The van der Waals surface area contributed by atoms with Crippen LogP contribution >= 0.6 is 0 Å². The maximum absolute atomic E-state index is 5.76. The van der Waals surface area contributed by atoms with Crippen molar-refractivity contribution in [2.24, 2.45) is 12.0 Å². The van der Waals surface area contributed by atoms with Crippen molar-refractivity contribution in [1.29, 1.82) is 0 Å². The third-order valence-electron chi connectivity index (χ3n) is 4.05. The molecule has 0 fully saturated rings. The highest BCUT2D eigenvalue weighted by molar-refractivity contribution is 5.79. The molecule has 0 saturated carbocycles. The van der Waals surface area contributed by atoms with Crippen LogP contribution in [0.3, 0.4) is 0 Å². The number of ether oxygens (including phenoxy) is 1. The summed E-state index contributed by atoms with van der Waals surface area (Å²) in [6, 6.07) is 8.07. The third kappa shape index (κ3) is 5.52. The maximum Gasteiger partial charge on any atom is 0.191 e. The van der Waals surface area contributed by atoms with Crippen LogP contribution in [0.1, 0.15) is 29.4 Å². The van der Waals surface area contributed by atoms with Crippen molar-refractivity contribution in [2.45, 2.75) is 34.2 Å². The van der Waals surface area contributed by atoms with Gasteiger partial charge >= 0.3 is 0 Å². The van der Waals surface area contributed by atoms with Gasteiger partial charge in [0.25, 0.3) is 0 Å². The van der Waals surface area contributed by atoms with E-state index in [9.17, 15) is 0 Å². The number of nitrogens with one attached hydrogen (secondary N) is 2. The molecule has 0 aliphatic carbocycles. The molecule has 2 rings (SSSR count). The monoisotopic (exact) mass is 343 g/mol. The number of guanidine groups is 1. The van der Waals surface area contributed by atoms with Gasteiger partial charge in [0.15, 0.2) is 5.96 Å². The van der Waals surface area contributed by atoms with Crippen molar-refractivity contribution in [3.8, 4) is 5.75 Å². The molecule has 0 aliphatic rings. The summed E-state index contributed by atoms with van der Waals surface area (Å²) in [5, 5.41) is 11.0. The molecule has 136 valence electrons. The second-order valence-electron chi connectivity index (χ2n) is 6.06. The van der Waals surface area contributed by atoms with Crippen molar-refractivity contribution in [2.75, 3.05) is 19.7 Å². The van der Waals surface area contributed by atoms with Crippen LogP contribution in [-0.4, -0.2) is 35.4 Å². The molecule has 0 atom stereocenters. The first-order valence-corrected chi connectivity index (χ1v) is 8.72. The molecule has 25 heavy (non-hydrogen) atoms. The first-order chi connectivity index (χ1) is 12.0. The quantitative estimate of drug-likeness (QED) is 0.461. The Morgan fingerprint density at radius 2 is 2.04 bits per heavy atom. The SMILES string of the molecule is CCNC(=NCc1c(C)nn(C)c1C)NCCOc1cccc(C)c1. The van der Waals surface area contributed by atoms with E-state index in [2.05, 4.69) is 47.6 Å². The summed E-state index contributed by atoms with van der Waals surface area (Å²) in [7, 11) is 1.96. The molecule has 6 heteroatoms. The molecule has 0 saturated heterocycles. The second kappa shape index (κ2) is 9.11. The molecule has 0 amide bonds. The standard InChI is InChI=1S/C19H29N5O/c1-6-20-19(22-13-18-15(3)23-24(5)16(18)4)21-10-11-25-17-9-7-8-14(2)12-17/h7-9,12H,6,10-11,13H2,1-5H3,(H2,20,21,22). The van der Waals surface area contributed by atoms with Crippen LogP contribution in [0, 0.1) is 20.8 Å². The summed E-state index contributed by atoms with van der Waals surface area (Å²) < 4.78 is 7.66. The highest BCUT2D eigenvalue weighted by Crippen LogP contribution is 2.13. The van der Waals surface area contributed by atoms with Crippen LogP contribution in [0.4, 0.5) is 0 Å². The van der Waals surface area contributed by atoms with Gasteiger partial charge in [-0.15, -0.1) is 0 Å². The number of aryl methyl sites for hydroxylation is 3. The molecule has 1 aromatic heterocycles. The van der Waals surface area contributed by atoms with Crippen LogP contribution < -0.4 is 15.4 Å². The van der Waals surface area contributed by atoms with Gasteiger partial charge < -0.3 is 15.4 Å². The van der Waals surface area contributed by atoms with Gasteiger partial charge in [-0.05, 0) is 45.4 Å². The van der Waals surface area contributed by atoms with E-state index >= 15 is 0 Å². The summed E-state index contributed by atoms with van der Waals surface area (Å²) in [5.74, 6) is 1.68. The lowest BCUT2D eigenvalue weighted by atomic mass is 10.2. The summed E-state index contributed by atoms with van der Waals surface area (Å²) >= 11 is 0. The summed E-state index contributed by atoms with van der Waals surface area (Å²) in [6.07, 6.45) is 0. The Hall–Kier alpha value is -2.50. The Balaban J connectivity index is 1.87. The van der Waals surface area contributed by atoms with Crippen LogP contribution in [0.2, 0.25) is 0 Å². The van der Waals surface area contributed by atoms with E-state index in [0.29, 0.717) is 19.7 Å². The van der Waals surface area contributed by atoms with E-state index in [1.807, 2.05) is 36.9 Å². The molecule has 0 radical (unpaired) electrons. The number of rotatable bonds is 7. The molecule has 0 spiro atoms. The highest BCUT2D eigenvalue weighted by Gasteiger charge is 2.08. The van der Waals surface area contributed by atoms with E-state index in [4.69, 9.17) is 4.74 Å². The smallest absolute Gasteiger partial charge is 0.191 e. The lowest BCUT2D eigenvalue weighted by molar-refractivity contribution is 0.321. The Bertz CT molecular complexity index is 721. The topological polar surface area (TPSA) is 63.5 Å². The zero-order valence-corrected chi connectivity index (χ0v) is 15.9. The van der Waals surface area contributed by atoms with Gasteiger partial charge in [-0.2, -0.15) is 5.10 Å². The molecule has 1 aromatic carbocycles. The number of benzene rings is 1. The molecule has 0 aliphatic heterocycles. The Labute approximate surface area is 150 Å². The summed E-state index contributed by atoms with van der Waals surface area (Å²) in [5.41, 5.74) is 4.56. The maximum atomic E-state index is 5.76. The zero-order chi connectivity index (χ0) is 18.2. The number of hydrogen-bond donors (Lipinski definition) is 2. The molecular weight excluding hydrogens is 314 g/mol. The van der Waals surface area contributed by atoms with Crippen molar-refractivity contribution in [3.05, 3.63) is 46.8 Å². The van der Waals surface area contributed by atoms with E-state index < -0.39 is 0 Å². The van der Waals surface area contributed by atoms with Crippen LogP contribution in [0.15, 0.2) is 29.3 Å². The lowest BCUT2D eigenvalue weighted by Crippen LogP contribution is -2.39. The van der Waals surface area contributed by atoms with Crippen molar-refractivity contribution in [1.82, 2.24) is 20.4 Å². The largest absolute Gasteiger partial charge is 0.492 e. The van der Waals surface area contributed by atoms with E-state index in [1.165, 1.54) is 11.1 Å². The fourth-order valence-corrected chi connectivity index (χ4v) is 2.59. The van der Waals surface area contributed by atoms with E-state index in [-0.39, 0.29) is 0 Å². The number of hydrogen-bond acceptors (Lipinski definition) is 3. The fraction of sp³-hybridized carbons (Fsp3) is 0.474. The first kappa shape index (κ1) is 18.8. The van der Waals surface area contributed by atoms with Gasteiger partial charge in [0, 0.05) is 24.8 Å². The number of aliphatic imine (C=N–C) groups is 1. The minimum Gasteiger partial charge on any atom is -0.492 e. The van der Waals surface area contributed by atoms with Gasteiger partial charge in [-0.25, -0.2) is 4.99 Å². The lowest BCUT2D eigenvalue weighted by Gasteiger charge is -2.12. The zero-order valence-electron chi connectivity index (χ0n) is 15.9. The van der Waals surface area contributed by atoms with Crippen LogP contribution in [-0.2, 0) is 13.6 Å². The summed E-state index contributed by atoms with van der Waals surface area (Å²) in [6.45, 7) is 10.9. The predicted octanol–water partition coefficient (Wildman–Crippen LogP) is 2.48. The molecule has 2 aromatic rings. The van der Waals surface area contributed by atoms with Crippen molar-refractivity contribution >= 4 is 5.96 Å². The molecule has 0 bridgehead atoms. The Morgan fingerprint density at radius 1 is 1.24 bits per heavy atom. The van der Waals surface area contributed by atoms with Gasteiger partial charge in [-0.3, -0.25) is 4.68 Å². The average Bonchev–Trinajstić information content (AvgIpc) is 2.82. The number of nitrogens with zero attached hydrogens (tertiary/aromatic N) is 3. The fourth-order valence-electron chi connectivity index (χ4n) is 2.59. The predicted molar refractivity (Wildman–Crippen MR) is 102 cm³/mol. The second-order valence-corrected chi connectivity index (χ2v) is 6.06. The van der Waals surface area contributed by atoms with Crippen LogP contribution in [0.25, 0.3) is 0 Å². The van der Waals surface area contributed by atoms with Crippen molar-refractivity contribution in [3.63, 3.8) is 0 Å². The molecule has 1 heterocycles. The van der Waals surface area contributed by atoms with Gasteiger partial charge in [0.1, 0.15) is 12.4 Å². The van der Waals surface area contributed by atoms with Gasteiger partial charge in [-0.1, -0.05) is 12.1 Å². The molecule has 6 nitrogen and oxygen atoms in total. The van der Waals surface area contributed by atoms with Gasteiger partial charge in [0.05, 0.1) is 18.8 Å². The minimum absolute atomic E-state index is 0.582. The molecule has 0 unspecified atom stereocenters. The van der Waals surface area contributed by atoms with E-state index in [1.54, 1.807) is 0 Å². The number of aromatic nitrogens is 2. The average molecular weight is 343 g/mol. The Kier molecular flexibility index (Phi) is 6.86. The Morgan fingerprint density at radius 3 is 2.68 bits per heavy atom. The van der Waals surface area contributed by atoms with Crippen LogP contribution in [0.5, 0.6) is 5.75 Å². The normalized spacial score (nSPS) is 11.5. The van der Waals surface area contributed by atoms with E-state index in [0.717, 1.165) is 29.6 Å².